The number of benzene rings is 3. The quantitative estimate of drug-likeness (QED) is 0.476. The van der Waals surface area contributed by atoms with Gasteiger partial charge in [0, 0.05) is 21.8 Å². The van der Waals surface area contributed by atoms with E-state index >= 15 is 0 Å². The van der Waals surface area contributed by atoms with Gasteiger partial charge in [-0.15, -0.1) is 0 Å². The molecule has 3 aromatic carbocycles. The van der Waals surface area contributed by atoms with Crippen molar-refractivity contribution in [3.05, 3.63) is 72.3 Å². The highest BCUT2D eigenvalue weighted by molar-refractivity contribution is 6.08. The topological polar surface area (TPSA) is 15.8 Å². The molecule has 0 atom stereocenters. The summed E-state index contributed by atoms with van der Waals surface area (Å²) in [6, 6.07) is 23.6. The third-order valence-electron chi connectivity index (χ3n) is 3.94. The minimum atomic E-state index is 1.20. The van der Waals surface area contributed by atoms with Gasteiger partial charge < -0.3 is 4.98 Å². The van der Waals surface area contributed by atoms with E-state index in [0.717, 1.165) is 0 Å². The lowest BCUT2D eigenvalue weighted by atomic mass is 9.98. The van der Waals surface area contributed by atoms with Crippen LogP contribution in [0.1, 0.15) is 5.56 Å². The zero-order valence-electron chi connectivity index (χ0n) is 11.4. The van der Waals surface area contributed by atoms with Crippen molar-refractivity contribution in [2.24, 2.45) is 0 Å². The van der Waals surface area contributed by atoms with Crippen LogP contribution in [-0.4, -0.2) is 4.98 Å². The summed E-state index contributed by atoms with van der Waals surface area (Å²) in [4.78, 5) is 3.52. The predicted molar refractivity (Wildman–Crippen MR) is 86.0 cm³/mol. The van der Waals surface area contributed by atoms with Crippen LogP contribution in [0.4, 0.5) is 0 Å². The summed E-state index contributed by atoms with van der Waals surface area (Å²) in [6.07, 6.45) is 0. The predicted octanol–water partition coefficient (Wildman–Crippen LogP) is 5.30. The van der Waals surface area contributed by atoms with Crippen LogP contribution in [0.15, 0.2) is 66.7 Å². The molecule has 0 spiro atoms. The van der Waals surface area contributed by atoms with Crippen molar-refractivity contribution in [1.82, 2.24) is 4.98 Å². The Kier molecular flexibility index (Phi) is 2.40. The van der Waals surface area contributed by atoms with Gasteiger partial charge in [-0.05, 0) is 41.8 Å². The molecule has 0 aliphatic rings. The van der Waals surface area contributed by atoms with Crippen molar-refractivity contribution in [1.29, 1.82) is 0 Å². The van der Waals surface area contributed by atoms with Gasteiger partial charge in [0.2, 0.25) is 0 Å². The maximum Gasteiger partial charge on any atom is 0.0471 e. The highest BCUT2D eigenvalue weighted by Crippen LogP contribution is 2.32. The average Bonchev–Trinajstić information content (AvgIpc) is 2.85. The summed E-state index contributed by atoms with van der Waals surface area (Å²) in [7, 11) is 0. The van der Waals surface area contributed by atoms with Crippen molar-refractivity contribution in [3.63, 3.8) is 0 Å². The Morgan fingerprint density at radius 2 is 1.45 bits per heavy atom. The summed E-state index contributed by atoms with van der Waals surface area (Å²) in [5, 5.41) is 2.60. The second-order valence-corrected chi connectivity index (χ2v) is 5.25. The van der Waals surface area contributed by atoms with Crippen LogP contribution in [0.5, 0.6) is 0 Å². The second-order valence-electron chi connectivity index (χ2n) is 5.25. The van der Waals surface area contributed by atoms with Crippen LogP contribution in [0.25, 0.3) is 32.9 Å². The third kappa shape index (κ3) is 1.64. The van der Waals surface area contributed by atoms with Gasteiger partial charge in [-0.3, -0.25) is 0 Å². The second kappa shape index (κ2) is 4.24. The van der Waals surface area contributed by atoms with E-state index in [0.29, 0.717) is 0 Å². The van der Waals surface area contributed by atoms with Crippen molar-refractivity contribution in [2.45, 2.75) is 6.92 Å². The number of nitrogens with one attached hydrogen (secondary N) is 1. The SMILES string of the molecule is Cc1cc2c(cc1-c1ccccc1)[nH]c1ccccc12. The molecule has 0 radical (unpaired) electrons. The Morgan fingerprint density at radius 3 is 2.30 bits per heavy atom. The molecule has 1 heterocycles. The first-order chi connectivity index (χ1) is 9.83. The standard InChI is InChI=1S/C19H15N/c1-13-11-17-15-9-5-6-10-18(15)20-19(17)12-16(13)14-7-3-2-4-8-14/h2-12,20H,1H3. The van der Waals surface area contributed by atoms with Gasteiger partial charge in [-0.25, -0.2) is 0 Å². The van der Waals surface area contributed by atoms with Crippen LogP contribution >= 0.6 is 0 Å². The number of para-hydroxylation sites is 1. The number of aromatic nitrogens is 1. The molecule has 1 heteroatoms. The average molecular weight is 257 g/mol. The molecule has 0 aliphatic heterocycles. The molecule has 0 unspecified atom stereocenters. The highest BCUT2D eigenvalue weighted by atomic mass is 14.7. The Morgan fingerprint density at radius 1 is 0.700 bits per heavy atom. The number of H-pyrrole nitrogens is 1. The van der Waals surface area contributed by atoms with E-state index in [9.17, 15) is 0 Å². The third-order valence-corrected chi connectivity index (χ3v) is 3.94. The molecule has 0 bridgehead atoms. The number of rotatable bonds is 1. The number of aryl methyl sites for hydroxylation is 1. The van der Waals surface area contributed by atoms with E-state index in [4.69, 9.17) is 0 Å². The van der Waals surface area contributed by atoms with Gasteiger partial charge in [0.1, 0.15) is 0 Å². The Hall–Kier alpha value is -2.54. The smallest absolute Gasteiger partial charge is 0.0471 e. The molecule has 20 heavy (non-hydrogen) atoms. The fourth-order valence-electron chi connectivity index (χ4n) is 2.93. The van der Waals surface area contributed by atoms with Gasteiger partial charge in [0.05, 0.1) is 0 Å². The lowest BCUT2D eigenvalue weighted by molar-refractivity contribution is 1.47. The summed E-state index contributed by atoms with van der Waals surface area (Å²) in [6.45, 7) is 2.18. The van der Waals surface area contributed by atoms with Crippen molar-refractivity contribution in [3.8, 4) is 11.1 Å². The molecule has 0 amide bonds. The minimum Gasteiger partial charge on any atom is -0.354 e. The van der Waals surface area contributed by atoms with E-state index in [1.807, 2.05) is 0 Å². The van der Waals surface area contributed by atoms with Gasteiger partial charge >= 0.3 is 0 Å². The minimum absolute atomic E-state index is 1.20. The molecule has 1 aromatic heterocycles. The molecule has 96 valence electrons. The highest BCUT2D eigenvalue weighted by Gasteiger charge is 2.08. The van der Waals surface area contributed by atoms with Crippen LogP contribution in [0.2, 0.25) is 0 Å². The van der Waals surface area contributed by atoms with Crippen LogP contribution in [-0.2, 0) is 0 Å². The van der Waals surface area contributed by atoms with E-state index < -0.39 is 0 Å². The first-order valence-corrected chi connectivity index (χ1v) is 6.89. The molecular weight excluding hydrogens is 242 g/mol. The molecule has 4 rings (SSSR count). The first-order valence-electron chi connectivity index (χ1n) is 6.89. The maximum absolute atomic E-state index is 3.52. The van der Waals surface area contributed by atoms with E-state index in [1.54, 1.807) is 0 Å². The Labute approximate surface area is 117 Å². The molecule has 0 aliphatic carbocycles. The lowest BCUT2D eigenvalue weighted by Gasteiger charge is -2.06. The van der Waals surface area contributed by atoms with Crippen molar-refractivity contribution < 1.29 is 0 Å². The zero-order chi connectivity index (χ0) is 13.5. The molecule has 1 nitrogen and oxygen atoms in total. The Bertz CT molecular complexity index is 901. The van der Waals surface area contributed by atoms with Crippen molar-refractivity contribution in [2.75, 3.05) is 0 Å². The zero-order valence-corrected chi connectivity index (χ0v) is 11.4. The fourth-order valence-corrected chi connectivity index (χ4v) is 2.93. The molecular formula is C19H15N. The number of hydrogen-bond acceptors (Lipinski definition) is 0. The number of hydrogen-bond donors (Lipinski definition) is 1. The summed E-state index contributed by atoms with van der Waals surface area (Å²) in [5.74, 6) is 0. The molecule has 4 aromatic rings. The number of fused-ring (bicyclic) bond motifs is 3. The molecule has 0 saturated carbocycles. The monoisotopic (exact) mass is 257 g/mol. The molecule has 0 fully saturated rings. The maximum atomic E-state index is 3.52. The normalized spacial score (nSPS) is 11.2. The number of aromatic amines is 1. The summed E-state index contributed by atoms with van der Waals surface area (Å²) >= 11 is 0. The van der Waals surface area contributed by atoms with Gasteiger partial charge in [-0.2, -0.15) is 0 Å². The Balaban J connectivity index is 2.05. The van der Waals surface area contributed by atoms with Gasteiger partial charge in [0.25, 0.3) is 0 Å². The van der Waals surface area contributed by atoms with E-state index in [1.165, 1.54) is 38.5 Å². The molecule has 1 N–H and O–H groups in total. The summed E-state index contributed by atoms with van der Waals surface area (Å²) < 4.78 is 0. The fraction of sp³-hybridized carbons (Fsp3) is 0.0526. The van der Waals surface area contributed by atoms with Crippen LogP contribution in [0, 0.1) is 6.92 Å². The van der Waals surface area contributed by atoms with Crippen LogP contribution in [0.3, 0.4) is 0 Å². The first kappa shape index (κ1) is 11.3. The van der Waals surface area contributed by atoms with Gasteiger partial charge in [0.15, 0.2) is 0 Å². The van der Waals surface area contributed by atoms with Gasteiger partial charge in [-0.1, -0.05) is 48.5 Å². The van der Waals surface area contributed by atoms with Crippen molar-refractivity contribution >= 4 is 21.8 Å². The lowest BCUT2D eigenvalue weighted by Crippen LogP contribution is -1.83. The molecule has 0 saturated heterocycles. The van der Waals surface area contributed by atoms with Crippen LogP contribution < -0.4 is 0 Å². The van der Waals surface area contributed by atoms with E-state index in [2.05, 4.69) is 78.6 Å². The van der Waals surface area contributed by atoms with E-state index in [-0.39, 0.29) is 0 Å². The summed E-state index contributed by atoms with van der Waals surface area (Å²) in [5.41, 5.74) is 6.28. The largest absolute Gasteiger partial charge is 0.354 e.